The maximum Gasteiger partial charge on any atom is 0.256 e. The molecule has 3 heterocycles. The molecule has 1 atom stereocenters. The Bertz CT molecular complexity index is 645. The van der Waals surface area contributed by atoms with E-state index in [-0.39, 0.29) is 17.2 Å². The molecule has 0 aliphatic carbocycles. The van der Waals surface area contributed by atoms with E-state index in [0.717, 1.165) is 12.8 Å². The van der Waals surface area contributed by atoms with Crippen LogP contribution in [0.2, 0.25) is 5.28 Å². The smallest absolute Gasteiger partial charge is 0.256 e. The Morgan fingerprint density at radius 3 is 2.90 bits per heavy atom. The summed E-state index contributed by atoms with van der Waals surface area (Å²) in [6.45, 7) is 0.705. The zero-order valence-electron chi connectivity index (χ0n) is 11.4. The number of nitrogens with zero attached hydrogens (tertiary/aromatic N) is 6. The maximum atomic E-state index is 11.9. The van der Waals surface area contributed by atoms with Gasteiger partial charge in [0.1, 0.15) is 6.04 Å². The molecule has 0 radical (unpaired) electrons. The third-order valence-electron chi connectivity index (χ3n) is 3.35. The van der Waals surface area contributed by atoms with E-state index in [0.29, 0.717) is 18.4 Å². The number of aromatic nitrogens is 5. The molecule has 1 aliphatic rings. The lowest BCUT2D eigenvalue weighted by atomic mass is 10.2. The van der Waals surface area contributed by atoms with Crippen LogP contribution in [0.15, 0.2) is 18.5 Å². The second-order valence-electron chi connectivity index (χ2n) is 4.62. The van der Waals surface area contributed by atoms with Crippen molar-refractivity contribution in [1.82, 2.24) is 30.0 Å². The molecule has 1 saturated heterocycles. The van der Waals surface area contributed by atoms with Crippen LogP contribution in [-0.2, 0) is 4.79 Å². The second kappa shape index (κ2) is 5.65. The van der Waals surface area contributed by atoms with Crippen molar-refractivity contribution in [3.05, 3.63) is 23.7 Å². The number of hydrogen-bond donors (Lipinski definition) is 1. The Morgan fingerprint density at radius 1 is 1.38 bits per heavy atom. The summed E-state index contributed by atoms with van der Waals surface area (Å²) >= 11 is 5.98. The summed E-state index contributed by atoms with van der Waals surface area (Å²) in [6.07, 6.45) is 5.01. The van der Waals surface area contributed by atoms with Gasteiger partial charge in [0.15, 0.2) is 0 Å². The average Bonchev–Trinajstić information content (AvgIpc) is 3.16. The zero-order valence-corrected chi connectivity index (χ0v) is 12.2. The maximum absolute atomic E-state index is 11.9. The van der Waals surface area contributed by atoms with Crippen molar-refractivity contribution in [2.45, 2.75) is 18.9 Å². The molecule has 1 N–H and O–H groups in total. The van der Waals surface area contributed by atoms with Gasteiger partial charge in [0.25, 0.3) is 5.95 Å². The Morgan fingerprint density at radius 2 is 2.19 bits per heavy atom. The van der Waals surface area contributed by atoms with Crippen LogP contribution in [0.25, 0.3) is 5.95 Å². The van der Waals surface area contributed by atoms with Crippen molar-refractivity contribution < 1.29 is 4.79 Å². The third kappa shape index (κ3) is 2.66. The van der Waals surface area contributed by atoms with Crippen LogP contribution in [0.4, 0.5) is 5.95 Å². The largest absolute Gasteiger partial charge is 0.357 e. The monoisotopic (exact) mass is 307 g/mol. The Labute approximate surface area is 126 Å². The Hall–Kier alpha value is -2.22. The van der Waals surface area contributed by atoms with Crippen molar-refractivity contribution in [3.8, 4) is 5.95 Å². The van der Waals surface area contributed by atoms with Crippen LogP contribution in [0.1, 0.15) is 12.8 Å². The summed E-state index contributed by atoms with van der Waals surface area (Å²) in [7, 11) is 1.62. The number of hydrogen-bond acceptors (Lipinski definition) is 6. The predicted octanol–water partition coefficient (Wildman–Crippen LogP) is 0.425. The molecule has 8 nitrogen and oxygen atoms in total. The molecule has 9 heteroatoms. The fourth-order valence-electron chi connectivity index (χ4n) is 2.39. The van der Waals surface area contributed by atoms with Crippen molar-refractivity contribution in [2.75, 3.05) is 18.5 Å². The summed E-state index contributed by atoms with van der Waals surface area (Å²) in [5, 5.41) is 6.81. The average molecular weight is 308 g/mol. The van der Waals surface area contributed by atoms with Crippen molar-refractivity contribution in [2.24, 2.45) is 0 Å². The first-order valence-electron chi connectivity index (χ1n) is 6.59. The van der Waals surface area contributed by atoms with Gasteiger partial charge >= 0.3 is 0 Å². The van der Waals surface area contributed by atoms with E-state index < -0.39 is 0 Å². The summed E-state index contributed by atoms with van der Waals surface area (Å²) in [5.41, 5.74) is 0. The zero-order chi connectivity index (χ0) is 14.8. The van der Waals surface area contributed by atoms with Gasteiger partial charge in [-0.1, -0.05) is 0 Å². The molecule has 3 rings (SSSR count). The van der Waals surface area contributed by atoms with E-state index in [9.17, 15) is 4.79 Å². The van der Waals surface area contributed by atoms with E-state index >= 15 is 0 Å². The molecule has 1 amide bonds. The highest BCUT2D eigenvalue weighted by Gasteiger charge is 2.32. The topological polar surface area (TPSA) is 88.8 Å². The van der Waals surface area contributed by atoms with Gasteiger partial charge in [-0.3, -0.25) is 4.79 Å². The van der Waals surface area contributed by atoms with E-state index in [4.69, 9.17) is 11.6 Å². The van der Waals surface area contributed by atoms with Crippen LogP contribution in [0.5, 0.6) is 0 Å². The van der Waals surface area contributed by atoms with Gasteiger partial charge in [-0.15, -0.1) is 0 Å². The van der Waals surface area contributed by atoms with Crippen LogP contribution in [0, 0.1) is 0 Å². The number of likely N-dealkylation sites (N-methyl/N-ethyl adjacent to an activating group) is 1. The van der Waals surface area contributed by atoms with Crippen molar-refractivity contribution in [1.29, 1.82) is 0 Å². The van der Waals surface area contributed by atoms with Gasteiger partial charge in [0.05, 0.1) is 0 Å². The summed E-state index contributed by atoms with van der Waals surface area (Å²) in [5.74, 6) is 0.675. The minimum Gasteiger partial charge on any atom is -0.357 e. The standard InChI is InChI=1S/C12H14ClN7O/c1-14-9(21)8-4-2-6-19(8)11-16-10(13)17-12(18-11)20-7-3-5-15-20/h3,5,7-8H,2,4,6H2,1H3,(H,14,21). The van der Waals surface area contributed by atoms with Gasteiger partial charge < -0.3 is 10.2 Å². The summed E-state index contributed by atoms with van der Waals surface area (Å²) < 4.78 is 1.50. The van der Waals surface area contributed by atoms with Gasteiger partial charge in [-0.05, 0) is 30.5 Å². The van der Waals surface area contributed by atoms with E-state index in [2.05, 4.69) is 25.4 Å². The molecular weight excluding hydrogens is 294 g/mol. The number of halogens is 1. The van der Waals surface area contributed by atoms with Gasteiger partial charge in [-0.25, -0.2) is 4.68 Å². The number of carbonyl (C=O) groups is 1. The van der Waals surface area contributed by atoms with Crippen molar-refractivity contribution in [3.63, 3.8) is 0 Å². The summed E-state index contributed by atoms with van der Waals surface area (Å²) in [6, 6.07) is 1.49. The summed E-state index contributed by atoms with van der Waals surface area (Å²) in [4.78, 5) is 26.3. The van der Waals surface area contributed by atoms with E-state index in [1.54, 1.807) is 25.5 Å². The van der Waals surface area contributed by atoms with Crippen LogP contribution in [-0.4, -0.2) is 50.3 Å². The van der Waals surface area contributed by atoms with Gasteiger partial charge in [0, 0.05) is 26.0 Å². The first-order valence-corrected chi connectivity index (χ1v) is 6.96. The highest BCUT2D eigenvalue weighted by Crippen LogP contribution is 2.23. The highest BCUT2D eigenvalue weighted by atomic mass is 35.5. The normalized spacial score (nSPS) is 18.0. The Kier molecular flexibility index (Phi) is 3.70. The molecule has 21 heavy (non-hydrogen) atoms. The molecule has 0 aromatic carbocycles. The third-order valence-corrected chi connectivity index (χ3v) is 3.52. The quantitative estimate of drug-likeness (QED) is 0.884. The van der Waals surface area contributed by atoms with Crippen molar-refractivity contribution >= 4 is 23.5 Å². The first kappa shape index (κ1) is 13.7. The van der Waals surface area contributed by atoms with Gasteiger partial charge in [-0.2, -0.15) is 20.1 Å². The Balaban J connectivity index is 1.97. The van der Waals surface area contributed by atoms with E-state index in [1.165, 1.54) is 4.68 Å². The number of anilines is 1. The predicted molar refractivity (Wildman–Crippen MR) is 76.4 cm³/mol. The molecule has 110 valence electrons. The number of carbonyl (C=O) groups excluding carboxylic acids is 1. The van der Waals surface area contributed by atoms with Gasteiger partial charge in [0.2, 0.25) is 17.1 Å². The lowest BCUT2D eigenvalue weighted by Gasteiger charge is -2.23. The molecule has 1 unspecified atom stereocenters. The highest BCUT2D eigenvalue weighted by molar-refractivity contribution is 6.28. The SMILES string of the molecule is CNC(=O)C1CCCN1c1nc(Cl)nc(-n2cccn2)n1. The number of rotatable bonds is 3. The second-order valence-corrected chi connectivity index (χ2v) is 4.96. The van der Waals surface area contributed by atoms with E-state index in [1.807, 2.05) is 4.90 Å². The fourth-order valence-corrected chi connectivity index (χ4v) is 2.54. The van der Waals surface area contributed by atoms with Crippen LogP contribution < -0.4 is 10.2 Å². The van der Waals surface area contributed by atoms with Crippen LogP contribution in [0.3, 0.4) is 0 Å². The lowest BCUT2D eigenvalue weighted by Crippen LogP contribution is -2.42. The minimum atomic E-state index is -0.279. The molecular formula is C12H14ClN7O. The minimum absolute atomic E-state index is 0.0512. The molecule has 0 saturated carbocycles. The molecule has 0 bridgehead atoms. The molecule has 1 aliphatic heterocycles. The van der Waals surface area contributed by atoms with Crippen LogP contribution >= 0.6 is 11.6 Å². The molecule has 2 aromatic heterocycles. The first-order chi connectivity index (χ1) is 10.2. The lowest BCUT2D eigenvalue weighted by molar-refractivity contribution is -0.121. The fraction of sp³-hybridized carbons (Fsp3) is 0.417. The molecule has 1 fully saturated rings. The number of nitrogens with one attached hydrogen (secondary N) is 1. The molecule has 2 aromatic rings. The molecule has 0 spiro atoms. The number of amides is 1.